The molecule has 0 bridgehead atoms. The second-order valence-corrected chi connectivity index (χ2v) is 12.3. The number of hydrogen-bond donors (Lipinski definition) is 2. The standard InChI is InChI=1S/C28H29ClF3N7O3S/c1-33-19-3-2-15-10-17(18(29)11-16(15)19)25-23-24(36-43-25)27(41)38(14-34-23)13-28(42)5-8-37(9-6-28)22(40)12-20(26(31)32)39-7-4-21(30)35-39/h4,7,10-11,14,19-20,26,33,42H,2-3,5-6,8-9,12-13H2,1H3. The summed E-state index contributed by atoms with van der Waals surface area (Å²) in [5, 5.41) is 18.5. The predicted octanol–water partition coefficient (Wildman–Crippen LogP) is 3.97. The Morgan fingerprint density at radius 3 is 2.72 bits per heavy atom. The van der Waals surface area contributed by atoms with Crippen molar-refractivity contribution in [3.05, 3.63) is 63.2 Å². The van der Waals surface area contributed by atoms with Crippen molar-refractivity contribution in [3.63, 3.8) is 0 Å². The Morgan fingerprint density at radius 2 is 2.05 bits per heavy atom. The van der Waals surface area contributed by atoms with Crippen molar-refractivity contribution in [2.24, 2.45) is 0 Å². The highest BCUT2D eigenvalue weighted by molar-refractivity contribution is 7.11. The molecule has 1 aromatic carbocycles. The number of carbonyl (C=O) groups is 1. The summed E-state index contributed by atoms with van der Waals surface area (Å²) in [5.74, 6) is -1.46. The van der Waals surface area contributed by atoms with E-state index in [2.05, 4.69) is 19.8 Å². The van der Waals surface area contributed by atoms with Crippen molar-refractivity contribution in [2.45, 2.75) is 62.8 Å². The molecule has 3 aromatic heterocycles. The van der Waals surface area contributed by atoms with Crippen molar-refractivity contribution < 1.29 is 23.1 Å². The quantitative estimate of drug-likeness (QED) is 0.301. The fourth-order valence-electron chi connectivity index (χ4n) is 6.01. The second-order valence-electron chi connectivity index (χ2n) is 11.1. The van der Waals surface area contributed by atoms with Gasteiger partial charge >= 0.3 is 0 Å². The van der Waals surface area contributed by atoms with Gasteiger partial charge in [0.2, 0.25) is 11.9 Å². The molecule has 1 fully saturated rings. The monoisotopic (exact) mass is 635 g/mol. The van der Waals surface area contributed by atoms with Crippen LogP contribution in [0, 0.1) is 5.95 Å². The van der Waals surface area contributed by atoms with Gasteiger partial charge in [0.25, 0.3) is 12.0 Å². The number of aliphatic hydroxyl groups is 1. The Morgan fingerprint density at radius 1 is 1.28 bits per heavy atom. The number of piperidine rings is 1. The lowest BCUT2D eigenvalue weighted by Gasteiger charge is -2.38. The van der Waals surface area contributed by atoms with Gasteiger partial charge in [0.15, 0.2) is 5.52 Å². The molecule has 1 aliphatic carbocycles. The molecule has 4 heterocycles. The van der Waals surface area contributed by atoms with Crippen LogP contribution in [0.25, 0.3) is 21.5 Å². The summed E-state index contributed by atoms with van der Waals surface area (Å²) < 4.78 is 46.9. The third-order valence-corrected chi connectivity index (χ3v) is 9.64. The second kappa shape index (κ2) is 11.6. The summed E-state index contributed by atoms with van der Waals surface area (Å²) >= 11 is 7.82. The molecule has 2 atom stereocenters. The van der Waals surface area contributed by atoms with Crippen LogP contribution in [0.3, 0.4) is 0 Å². The molecule has 1 amide bonds. The Hall–Kier alpha value is -3.33. The molecule has 0 spiro atoms. The van der Waals surface area contributed by atoms with Gasteiger partial charge in [-0.2, -0.15) is 8.76 Å². The van der Waals surface area contributed by atoms with E-state index in [1.165, 1.54) is 26.9 Å². The molecule has 228 valence electrons. The van der Waals surface area contributed by atoms with Crippen molar-refractivity contribution in [1.82, 2.24) is 33.9 Å². The Bertz CT molecular complexity index is 1730. The Kier molecular flexibility index (Phi) is 8.05. The molecular formula is C28H29ClF3N7O3S. The molecule has 4 aromatic rings. The minimum absolute atomic E-state index is 0.0686. The fourth-order valence-corrected chi connectivity index (χ4v) is 7.18. The van der Waals surface area contributed by atoms with Gasteiger partial charge in [-0.1, -0.05) is 11.6 Å². The first-order valence-electron chi connectivity index (χ1n) is 13.9. The van der Waals surface area contributed by atoms with Gasteiger partial charge in [-0.05, 0) is 67.5 Å². The van der Waals surface area contributed by atoms with E-state index < -0.39 is 41.9 Å². The van der Waals surface area contributed by atoms with Crippen LogP contribution in [-0.4, -0.2) is 71.8 Å². The molecule has 6 rings (SSSR count). The van der Waals surface area contributed by atoms with Crippen molar-refractivity contribution in [3.8, 4) is 10.4 Å². The molecule has 1 saturated heterocycles. The predicted molar refractivity (Wildman–Crippen MR) is 155 cm³/mol. The number of fused-ring (bicyclic) bond motifs is 2. The first-order chi connectivity index (χ1) is 20.6. The fraction of sp³-hybridized carbons (Fsp3) is 0.464. The lowest BCUT2D eigenvalue weighted by Crippen LogP contribution is -2.50. The van der Waals surface area contributed by atoms with E-state index in [1.54, 1.807) is 0 Å². The van der Waals surface area contributed by atoms with E-state index in [9.17, 15) is 27.9 Å². The van der Waals surface area contributed by atoms with Gasteiger partial charge in [-0.25, -0.2) is 13.8 Å². The van der Waals surface area contributed by atoms with Crippen LogP contribution in [0.15, 0.2) is 35.5 Å². The van der Waals surface area contributed by atoms with E-state index in [0.29, 0.717) is 15.4 Å². The number of nitrogens with zero attached hydrogens (tertiary/aromatic N) is 6. The zero-order valence-electron chi connectivity index (χ0n) is 23.1. The zero-order valence-corrected chi connectivity index (χ0v) is 24.7. The zero-order chi connectivity index (χ0) is 30.5. The molecule has 2 N–H and O–H groups in total. The molecule has 2 aliphatic rings. The molecule has 2 unspecified atom stereocenters. The molecule has 1 aliphatic heterocycles. The van der Waals surface area contributed by atoms with Crippen LogP contribution in [0.2, 0.25) is 5.02 Å². The molecular weight excluding hydrogens is 607 g/mol. The lowest BCUT2D eigenvalue weighted by molar-refractivity contribution is -0.138. The number of amides is 1. The number of alkyl halides is 2. The van der Waals surface area contributed by atoms with E-state index in [0.717, 1.165) is 46.9 Å². The molecule has 43 heavy (non-hydrogen) atoms. The van der Waals surface area contributed by atoms with Crippen molar-refractivity contribution in [2.75, 3.05) is 20.1 Å². The number of benzene rings is 1. The Labute approximate surface area is 253 Å². The van der Waals surface area contributed by atoms with Crippen LogP contribution < -0.4 is 10.9 Å². The molecule has 15 heteroatoms. The normalized spacial score (nSPS) is 18.9. The van der Waals surface area contributed by atoms with Gasteiger partial charge in [0.05, 0.1) is 29.8 Å². The molecule has 0 saturated carbocycles. The minimum atomic E-state index is -2.92. The third-order valence-electron chi connectivity index (χ3n) is 8.46. The average Bonchev–Trinajstić information content (AvgIpc) is 3.71. The van der Waals surface area contributed by atoms with E-state index >= 15 is 0 Å². The number of rotatable bonds is 8. The van der Waals surface area contributed by atoms with Crippen LogP contribution in [0.5, 0.6) is 0 Å². The van der Waals surface area contributed by atoms with Gasteiger partial charge in [-0.15, -0.1) is 5.10 Å². The summed E-state index contributed by atoms with van der Waals surface area (Å²) in [4.78, 5) is 32.8. The summed E-state index contributed by atoms with van der Waals surface area (Å²) in [6.07, 6.45) is 1.12. The number of halogens is 4. The summed E-state index contributed by atoms with van der Waals surface area (Å²) in [7, 11) is 1.92. The topological polar surface area (TPSA) is 118 Å². The van der Waals surface area contributed by atoms with E-state index in [1.807, 2.05) is 19.2 Å². The number of carbonyl (C=O) groups excluding carboxylic acids is 1. The number of likely N-dealkylation sites (tertiary alicyclic amines) is 1. The van der Waals surface area contributed by atoms with Crippen molar-refractivity contribution >= 4 is 40.1 Å². The van der Waals surface area contributed by atoms with Crippen LogP contribution in [0.1, 0.15) is 48.9 Å². The first kappa shape index (κ1) is 29.7. The van der Waals surface area contributed by atoms with Crippen LogP contribution in [0.4, 0.5) is 13.2 Å². The average molecular weight is 636 g/mol. The maximum Gasteiger partial charge on any atom is 0.281 e. The highest BCUT2D eigenvalue weighted by atomic mass is 35.5. The maximum atomic E-state index is 13.6. The van der Waals surface area contributed by atoms with Gasteiger partial charge in [-0.3, -0.25) is 18.8 Å². The van der Waals surface area contributed by atoms with Crippen LogP contribution >= 0.6 is 23.1 Å². The minimum Gasteiger partial charge on any atom is -0.388 e. The largest absolute Gasteiger partial charge is 0.388 e. The van der Waals surface area contributed by atoms with Crippen molar-refractivity contribution in [1.29, 1.82) is 0 Å². The van der Waals surface area contributed by atoms with Crippen LogP contribution in [-0.2, 0) is 17.8 Å². The summed E-state index contributed by atoms with van der Waals surface area (Å²) in [6, 6.07) is 3.61. The third kappa shape index (κ3) is 5.68. The first-order valence-corrected chi connectivity index (χ1v) is 15.1. The number of aromatic nitrogens is 5. The SMILES string of the molecule is CNC1CCc2cc(-c3snc4c(=O)n(CC5(O)CCN(C(=O)CC(C(F)F)n6ccc(F)n6)CC5)cnc34)c(Cl)cc21. The lowest BCUT2D eigenvalue weighted by atomic mass is 9.91. The highest BCUT2D eigenvalue weighted by Crippen LogP contribution is 2.41. The highest BCUT2D eigenvalue weighted by Gasteiger charge is 2.37. The number of nitrogens with one attached hydrogen (secondary N) is 1. The Balaban J connectivity index is 1.15. The van der Waals surface area contributed by atoms with E-state index in [4.69, 9.17) is 11.6 Å². The molecule has 10 nitrogen and oxygen atoms in total. The molecule has 0 radical (unpaired) electrons. The van der Waals surface area contributed by atoms with E-state index in [-0.39, 0.29) is 44.0 Å². The number of hydrogen-bond acceptors (Lipinski definition) is 8. The van der Waals surface area contributed by atoms with Gasteiger partial charge < -0.3 is 15.3 Å². The van der Waals surface area contributed by atoms with Gasteiger partial charge in [0, 0.05) is 42.0 Å². The smallest absolute Gasteiger partial charge is 0.281 e. The number of aryl methyl sites for hydroxylation is 1. The maximum absolute atomic E-state index is 13.6. The summed E-state index contributed by atoms with van der Waals surface area (Å²) in [6.45, 7) is 0.144. The summed E-state index contributed by atoms with van der Waals surface area (Å²) in [5.41, 5.74) is 2.03. The van der Waals surface area contributed by atoms with Gasteiger partial charge in [0.1, 0.15) is 11.6 Å².